The second-order valence-electron chi connectivity index (χ2n) is 6.70. The summed E-state index contributed by atoms with van der Waals surface area (Å²) in [5.41, 5.74) is 3.83. The molecule has 1 aliphatic heterocycles. The molecule has 1 aromatic carbocycles. The van der Waals surface area contributed by atoms with Crippen LogP contribution < -0.4 is 0 Å². The first-order valence-corrected chi connectivity index (χ1v) is 8.71. The Morgan fingerprint density at radius 1 is 1.04 bits per heavy atom. The van der Waals surface area contributed by atoms with Crippen molar-refractivity contribution in [3.63, 3.8) is 0 Å². The fourth-order valence-corrected chi connectivity index (χ4v) is 3.85. The molecule has 4 rings (SSSR count). The average Bonchev–Trinajstić information content (AvgIpc) is 3.12. The van der Waals surface area contributed by atoms with Gasteiger partial charge >= 0.3 is 0 Å². The molecule has 5 nitrogen and oxygen atoms in total. The van der Waals surface area contributed by atoms with Gasteiger partial charge in [0.25, 0.3) is 5.91 Å². The van der Waals surface area contributed by atoms with Gasteiger partial charge < -0.3 is 4.90 Å². The van der Waals surface area contributed by atoms with E-state index in [0.29, 0.717) is 17.3 Å². The standard InChI is InChI=1S/C20H20N4O/c21-13-18-6-5-17(14-22-18)20(25)24-9-7-23(8-10-24)19-11-15-3-1-2-4-16(15)12-19/h1-6,14,19H,7-12H2. The minimum atomic E-state index is 0.00588. The highest BCUT2D eigenvalue weighted by atomic mass is 16.2. The van der Waals surface area contributed by atoms with Gasteiger partial charge in [0, 0.05) is 38.4 Å². The van der Waals surface area contributed by atoms with Gasteiger partial charge in [-0.2, -0.15) is 5.26 Å². The Balaban J connectivity index is 1.35. The zero-order valence-corrected chi connectivity index (χ0v) is 14.1. The molecule has 0 atom stereocenters. The first kappa shape index (κ1) is 15.8. The van der Waals surface area contributed by atoms with Gasteiger partial charge in [0.1, 0.15) is 11.8 Å². The number of benzene rings is 1. The van der Waals surface area contributed by atoms with Crippen molar-refractivity contribution in [2.75, 3.05) is 26.2 Å². The van der Waals surface area contributed by atoms with Crippen LogP contribution in [0.25, 0.3) is 0 Å². The summed E-state index contributed by atoms with van der Waals surface area (Å²) in [5.74, 6) is 0.00588. The van der Waals surface area contributed by atoms with E-state index in [0.717, 1.165) is 39.0 Å². The van der Waals surface area contributed by atoms with E-state index in [-0.39, 0.29) is 5.91 Å². The molecule has 126 valence electrons. The van der Waals surface area contributed by atoms with E-state index in [9.17, 15) is 4.79 Å². The fraction of sp³-hybridized carbons (Fsp3) is 0.350. The molecule has 1 saturated heterocycles. The molecule has 0 N–H and O–H groups in total. The zero-order valence-electron chi connectivity index (χ0n) is 14.1. The van der Waals surface area contributed by atoms with Crippen molar-refractivity contribution in [3.8, 4) is 6.07 Å². The van der Waals surface area contributed by atoms with E-state index >= 15 is 0 Å². The van der Waals surface area contributed by atoms with E-state index in [1.54, 1.807) is 12.1 Å². The number of hydrogen-bond donors (Lipinski definition) is 0. The first-order valence-electron chi connectivity index (χ1n) is 8.71. The van der Waals surface area contributed by atoms with Crippen molar-refractivity contribution >= 4 is 5.91 Å². The lowest BCUT2D eigenvalue weighted by molar-refractivity contribution is 0.0575. The Kier molecular flexibility index (Phi) is 4.21. The lowest BCUT2D eigenvalue weighted by Crippen LogP contribution is -2.52. The molecule has 2 heterocycles. The number of fused-ring (bicyclic) bond motifs is 1. The van der Waals surface area contributed by atoms with Crippen molar-refractivity contribution in [2.45, 2.75) is 18.9 Å². The van der Waals surface area contributed by atoms with Crippen LogP contribution in [0.1, 0.15) is 27.2 Å². The molecule has 0 spiro atoms. The van der Waals surface area contributed by atoms with E-state index in [1.165, 1.54) is 17.3 Å². The molecule has 0 saturated carbocycles. The van der Waals surface area contributed by atoms with Gasteiger partial charge in [0.2, 0.25) is 0 Å². The Hall–Kier alpha value is -2.71. The predicted molar refractivity (Wildman–Crippen MR) is 94.1 cm³/mol. The smallest absolute Gasteiger partial charge is 0.255 e. The monoisotopic (exact) mass is 332 g/mol. The third kappa shape index (κ3) is 3.13. The van der Waals surface area contributed by atoms with E-state index in [4.69, 9.17) is 5.26 Å². The molecule has 1 amide bonds. The Bertz CT molecular complexity index is 791. The van der Waals surface area contributed by atoms with E-state index in [1.807, 2.05) is 11.0 Å². The van der Waals surface area contributed by atoms with Crippen molar-refractivity contribution in [1.82, 2.24) is 14.8 Å². The highest BCUT2D eigenvalue weighted by molar-refractivity contribution is 5.94. The summed E-state index contributed by atoms with van der Waals surface area (Å²) >= 11 is 0. The van der Waals surface area contributed by atoms with Gasteiger partial charge in [-0.1, -0.05) is 24.3 Å². The Labute approximate surface area is 147 Å². The van der Waals surface area contributed by atoms with Gasteiger partial charge in [-0.05, 0) is 36.1 Å². The van der Waals surface area contributed by atoms with Gasteiger partial charge in [-0.25, -0.2) is 4.98 Å². The van der Waals surface area contributed by atoms with Crippen LogP contribution in [0.3, 0.4) is 0 Å². The summed E-state index contributed by atoms with van der Waals surface area (Å²) in [7, 11) is 0. The van der Waals surface area contributed by atoms with Crippen LogP contribution >= 0.6 is 0 Å². The van der Waals surface area contributed by atoms with Gasteiger partial charge in [-0.3, -0.25) is 9.69 Å². The van der Waals surface area contributed by atoms with Crippen LogP contribution in [0.4, 0.5) is 0 Å². The molecule has 0 unspecified atom stereocenters. The van der Waals surface area contributed by atoms with Crippen molar-refractivity contribution < 1.29 is 4.79 Å². The fourth-order valence-electron chi connectivity index (χ4n) is 3.85. The predicted octanol–water partition coefficient (Wildman–Crippen LogP) is 1.88. The lowest BCUT2D eigenvalue weighted by Gasteiger charge is -2.38. The number of nitriles is 1. The van der Waals surface area contributed by atoms with Crippen molar-refractivity contribution in [3.05, 3.63) is 65.0 Å². The van der Waals surface area contributed by atoms with Crippen LogP contribution in [-0.4, -0.2) is 52.9 Å². The number of nitrogens with zero attached hydrogens (tertiary/aromatic N) is 4. The highest BCUT2D eigenvalue weighted by Gasteiger charge is 2.30. The zero-order chi connectivity index (χ0) is 17.2. The minimum absolute atomic E-state index is 0.00588. The maximum atomic E-state index is 12.6. The molecular weight excluding hydrogens is 312 g/mol. The van der Waals surface area contributed by atoms with E-state index < -0.39 is 0 Å². The summed E-state index contributed by atoms with van der Waals surface area (Å²) in [6.07, 6.45) is 3.73. The molecule has 2 aliphatic rings. The third-order valence-electron chi connectivity index (χ3n) is 5.27. The molecule has 0 radical (unpaired) electrons. The average molecular weight is 332 g/mol. The molecule has 1 aromatic heterocycles. The molecule has 25 heavy (non-hydrogen) atoms. The lowest BCUT2D eigenvalue weighted by atomic mass is 10.1. The van der Waals surface area contributed by atoms with Gasteiger partial charge in [0.05, 0.1) is 5.56 Å². The van der Waals surface area contributed by atoms with Crippen molar-refractivity contribution in [1.29, 1.82) is 5.26 Å². The highest BCUT2D eigenvalue weighted by Crippen LogP contribution is 2.26. The first-order chi connectivity index (χ1) is 12.2. The maximum absolute atomic E-state index is 12.6. The summed E-state index contributed by atoms with van der Waals surface area (Å²) in [5, 5.41) is 8.80. The summed E-state index contributed by atoms with van der Waals surface area (Å²) in [6, 6.07) is 14.5. The normalized spacial score (nSPS) is 18.0. The van der Waals surface area contributed by atoms with Crippen molar-refractivity contribution in [2.24, 2.45) is 0 Å². The summed E-state index contributed by atoms with van der Waals surface area (Å²) < 4.78 is 0. The number of amides is 1. The summed E-state index contributed by atoms with van der Waals surface area (Å²) in [6.45, 7) is 3.31. The molecule has 0 bridgehead atoms. The SMILES string of the molecule is N#Cc1ccc(C(=O)N2CCN(C3Cc4ccccc4C3)CC2)cn1. The molecule has 2 aromatic rings. The molecule has 1 aliphatic carbocycles. The third-order valence-corrected chi connectivity index (χ3v) is 5.27. The number of carbonyl (C=O) groups excluding carboxylic acids is 1. The molecule has 5 heteroatoms. The van der Waals surface area contributed by atoms with Crippen LogP contribution in [0.5, 0.6) is 0 Å². The van der Waals surface area contributed by atoms with Crippen LogP contribution in [-0.2, 0) is 12.8 Å². The number of rotatable bonds is 2. The number of aromatic nitrogens is 1. The number of pyridine rings is 1. The van der Waals surface area contributed by atoms with Gasteiger partial charge in [-0.15, -0.1) is 0 Å². The quantitative estimate of drug-likeness (QED) is 0.842. The number of hydrogen-bond acceptors (Lipinski definition) is 4. The number of carbonyl (C=O) groups is 1. The molecule has 1 fully saturated rings. The van der Waals surface area contributed by atoms with Crippen LogP contribution in [0.2, 0.25) is 0 Å². The second kappa shape index (κ2) is 6.66. The minimum Gasteiger partial charge on any atom is -0.336 e. The maximum Gasteiger partial charge on any atom is 0.255 e. The second-order valence-corrected chi connectivity index (χ2v) is 6.70. The summed E-state index contributed by atoms with van der Waals surface area (Å²) in [4.78, 5) is 21.0. The number of piperazine rings is 1. The van der Waals surface area contributed by atoms with Crippen LogP contribution in [0, 0.1) is 11.3 Å². The van der Waals surface area contributed by atoms with Crippen LogP contribution in [0.15, 0.2) is 42.6 Å². The molecular formula is C20H20N4O. The largest absolute Gasteiger partial charge is 0.336 e. The Morgan fingerprint density at radius 3 is 2.28 bits per heavy atom. The Morgan fingerprint density at radius 2 is 1.72 bits per heavy atom. The van der Waals surface area contributed by atoms with Gasteiger partial charge in [0.15, 0.2) is 0 Å². The topological polar surface area (TPSA) is 60.2 Å². The van der Waals surface area contributed by atoms with E-state index in [2.05, 4.69) is 34.1 Å².